The molecule has 1 aromatic rings. The van der Waals surface area contributed by atoms with Crippen molar-refractivity contribution in [1.82, 2.24) is 4.90 Å². The molecule has 0 saturated heterocycles. The fraction of sp³-hybridized carbons (Fsp3) is 0.647. The van der Waals surface area contributed by atoms with Gasteiger partial charge in [-0.3, -0.25) is 4.90 Å². The zero-order valence-electron chi connectivity index (χ0n) is 13.9. The Balaban J connectivity index is 0.00000400. The highest BCUT2D eigenvalue weighted by Gasteiger charge is 2.14. The molecule has 122 valence electrons. The molecule has 1 unspecified atom stereocenters. The van der Waals surface area contributed by atoms with E-state index in [1.165, 1.54) is 11.1 Å². The summed E-state index contributed by atoms with van der Waals surface area (Å²) in [5, 5.41) is 0. The molecule has 21 heavy (non-hydrogen) atoms. The summed E-state index contributed by atoms with van der Waals surface area (Å²) in [4.78, 5) is 2.35. The Morgan fingerprint density at radius 3 is 2.43 bits per heavy atom. The van der Waals surface area contributed by atoms with Crippen LogP contribution in [0.4, 0.5) is 0 Å². The molecule has 0 aliphatic heterocycles. The second-order valence-electron chi connectivity index (χ2n) is 5.67. The van der Waals surface area contributed by atoms with Crippen LogP contribution in [-0.4, -0.2) is 36.5 Å². The van der Waals surface area contributed by atoms with Crippen LogP contribution in [0, 0.1) is 6.92 Å². The number of aryl methyl sites for hydroxylation is 1. The van der Waals surface area contributed by atoms with Crippen molar-refractivity contribution >= 4 is 24.0 Å². The molecule has 4 heteroatoms. The Morgan fingerprint density at radius 2 is 1.90 bits per heavy atom. The Hall–Kier alpha value is -0.440. The lowest BCUT2D eigenvalue weighted by Gasteiger charge is -2.27. The van der Waals surface area contributed by atoms with Crippen LogP contribution in [0.15, 0.2) is 18.2 Å². The molecule has 0 N–H and O–H groups in total. The molecule has 0 amide bonds. The van der Waals surface area contributed by atoms with Gasteiger partial charge in [0.1, 0.15) is 12.4 Å². The van der Waals surface area contributed by atoms with E-state index < -0.39 is 0 Å². The second-order valence-corrected chi connectivity index (χ2v) is 6.05. The second kappa shape index (κ2) is 10.3. The molecule has 1 atom stereocenters. The highest BCUT2D eigenvalue weighted by molar-refractivity contribution is 6.18. The lowest BCUT2D eigenvalue weighted by Crippen LogP contribution is -2.38. The quantitative estimate of drug-likeness (QED) is 0.629. The molecule has 0 bridgehead atoms. The summed E-state index contributed by atoms with van der Waals surface area (Å²) < 4.78 is 6.09. The van der Waals surface area contributed by atoms with E-state index in [4.69, 9.17) is 16.3 Å². The fourth-order valence-corrected chi connectivity index (χ4v) is 2.58. The van der Waals surface area contributed by atoms with E-state index in [1.807, 2.05) is 0 Å². The van der Waals surface area contributed by atoms with Gasteiger partial charge in [-0.15, -0.1) is 24.0 Å². The van der Waals surface area contributed by atoms with E-state index in [-0.39, 0.29) is 12.4 Å². The van der Waals surface area contributed by atoms with Gasteiger partial charge in [0.05, 0.1) is 0 Å². The predicted molar refractivity (Wildman–Crippen MR) is 95.4 cm³/mol. The normalized spacial score (nSPS) is 12.4. The van der Waals surface area contributed by atoms with Crippen LogP contribution in [0.25, 0.3) is 0 Å². The van der Waals surface area contributed by atoms with Gasteiger partial charge in [-0.05, 0) is 43.5 Å². The first-order chi connectivity index (χ1) is 9.49. The third-order valence-corrected chi connectivity index (χ3v) is 3.84. The van der Waals surface area contributed by atoms with E-state index in [9.17, 15) is 0 Å². The number of ether oxygens (including phenoxy) is 1. The number of rotatable bonds is 8. The van der Waals surface area contributed by atoms with Gasteiger partial charge in [-0.1, -0.05) is 32.9 Å². The summed E-state index contributed by atoms with van der Waals surface area (Å²) in [5.74, 6) is 2.17. The van der Waals surface area contributed by atoms with Gasteiger partial charge in [0.25, 0.3) is 0 Å². The Labute approximate surface area is 141 Å². The first-order valence-corrected chi connectivity index (χ1v) is 8.06. The third-order valence-electron chi connectivity index (χ3n) is 3.67. The zero-order valence-corrected chi connectivity index (χ0v) is 15.4. The fourth-order valence-electron chi connectivity index (χ4n) is 2.36. The molecule has 0 radical (unpaired) electrons. The average molecular weight is 334 g/mol. The monoisotopic (exact) mass is 333 g/mol. The SMILES string of the molecule is CCN(CCCl)C(C)COc1cc(C)ccc1C(C)C.Cl. The van der Waals surface area contributed by atoms with Gasteiger partial charge in [-0.25, -0.2) is 0 Å². The van der Waals surface area contributed by atoms with Crippen molar-refractivity contribution < 1.29 is 4.74 Å². The molecular formula is C17H29Cl2NO. The van der Waals surface area contributed by atoms with Crippen LogP contribution in [0.3, 0.4) is 0 Å². The Bertz CT molecular complexity index is 410. The Morgan fingerprint density at radius 1 is 1.24 bits per heavy atom. The minimum Gasteiger partial charge on any atom is -0.492 e. The largest absolute Gasteiger partial charge is 0.492 e. The number of halogens is 2. The van der Waals surface area contributed by atoms with Crippen molar-refractivity contribution in [2.45, 2.75) is 46.6 Å². The van der Waals surface area contributed by atoms with Crippen LogP contribution >= 0.6 is 24.0 Å². The highest BCUT2D eigenvalue weighted by Crippen LogP contribution is 2.27. The summed E-state index contributed by atoms with van der Waals surface area (Å²) in [6.45, 7) is 13.5. The van der Waals surface area contributed by atoms with Gasteiger partial charge in [0.2, 0.25) is 0 Å². The maximum absolute atomic E-state index is 6.09. The van der Waals surface area contributed by atoms with Crippen LogP contribution in [0.5, 0.6) is 5.75 Å². The number of benzene rings is 1. The molecule has 0 aliphatic carbocycles. The molecule has 1 aromatic carbocycles. The minimum atomic E-state index is 0. The van der Waals surface area contributed by atoms with Gasteiger partial charge in [0.15, 0.2) is 0 Å². The van der Waals surface area contributed by atoms with Crippen LogP contribution in [0.2, 0.25) is 0 Å². The molecule has 0 spiro atoms. The van der Waals surface area contributed by atoms with Gasteiger partial charge >= 0.3 is 0 Å². The minimum absolute atomic E-state index is 0. The number of nitrogens with zero attached hydrogens (tertiary/aromatic N) is 1. The summed E-state index contributed by atoms with van der Waals surface area (Å²) in [7, 11) is 0. The molecule has 0 aliphatic rings. The van der Waals surface area contributed by atoms with Crippen molar-refractivity contribution in [3.8, 4) is 5.75 Å². The number of hydrogen-bond donors (Lipinski definition) is 0. The summed E-state index contributed by atoms with van der Waals surface area (Å²) in [6, 6.07) is 6.84. The lowest BCUT2D eigenvalue weighted by molar-refractivity contribution is 0.158. The van der Waals surface area contributed by atoms with Crippen molar-refractivity contribution in [2.75, 3.05) is 25.6 Å². The standard InChI is InChI=1S/C17H28ClNO.ClH/c1-6-19(10-9-18)15(5)12-20-17-11-14(4)7-8-16(17)13(2)3;/h7-8,11,13,15H,6,9-10,12H2,1-5H3;1H. The van der Waals surface area contributed by atoms with Gasteiger partial charge in [-0.2, -0.15) is 0 Å². The average Bonchev–Trinajstić information content (AvgIpc) is 2.41. The zero-order chi connectivity index (χ0) is 15.1. The molecule has 2 nitrogen and oxygen atoms in total. The number of hydrogen-bond acceptors (Lipinski definition) is 2. The highest BCUT2D eigenvalue weighted by atomic mass is 35.5. The van der Waals surface area contributed by atoms with Crippen molar-refractivity contribution in [3.63, 3.8) is 0 Å². The maximum Gasteiger partial charge on any atom is 0.123 e. The Kier molecular flexibility index (Phi) is 10.1. The molecule has 0 aromatic heterocycles. The van der Waals surface area contributed by atoms with E-state index in [0.29, 0.717) is 24.4 Å². The van der Waals surface area contributed by atoms with Crippen LogP contribution < -0.4 is 4.74 Å². The molecule has 0 fully saturated rings. The smallest absolute Gasteiger partial charge is 0.123 e. The third kappa shape index (κ3) is 6.46. The van der Waals surface area contributed by atoms with Gasteiger partial charge < -0.3 is 4.74 Å². The first-order valence-electron chi connectivity index (χ1n) is 7.52. The molecule has 1 rings (SSSR count). The topological polar surface area (TPSA) is 12.5 Å². The van der Waals surface area contributed by atoms with E-state index in [2.05, 4.69) is 57.7 Å². The van der Waals surface area contributed by atoms with Crippen molar-refractivity contribution in [2.24, 2.45) is 0 Å². The van der Waals surface area contributed by atoms with E-state index in [0.717, 1.165) is 18.8 Å². The summed E-state index contributed by atoms with van der Waals surface area (Å²) in [6.07, 6.45) is 0. The van der Waals surface area contributed by atoms with Crippen LogP contribution in [0.1, 0.15) is 44.7 Å². The predicted octanol–water partition coefficient (Wildman–Crippen LogP) is 4.87. The number of alkyl halides is 1. The lowest BCUT2D eigenvalue weighted by atomic mass is 10.0. The van der Waals surface area contributed by atoms with Crippen LogP contribution in [-0.2, 0) is 0 Å². The molecule has 0 heterocycles. The van der Waals surface area contributed by atoms with Crippen molar-refractivity contribution in [1.29, 1.82) is 0 Å². The number of likely N-dealkylation sites (N-methyl/N-ethyl adjacent to an activating group) is 1. The van der Waals surface area contributed by atoms with Crippen molar-refractivity contribution in [3.05, 3.63) is 29.3 Å². The summed E-state index contributed by atoms with van der Waals surface area (Å²) in [5.41, 5.74) is 2.52. The maximum atomic E-state index is 6.09. The first kappa shape index (κ1) is 20.6. The van der Waals surface area contributed by atoms with E-state index in [1.54, 1.807) is 0 Å². The molecule has 0 saturated carbocycles. The molecular weight excluding hydrogens is 305 g/mol. The van der Waals surface area contributed by atoms with E-state index >= 15 is 0 Å². The summed E-state index contributed by atoms with van der Waals surface area (Å²) >= 11 is 5.84. The van der Waals surface area contributed by atoms with Gasteiger partial charge in [0, 0.05) is 18.5 Å².